The summed E-state index contributed by atoms with van der Waals surface area (Å²) >= 11 is 0. The third-order valence-corrected chi connectivity index (χ3v) is 6.64. The fourth-order valence-corrected chi connectivity index (χ4v) is 4.56. The Balaban J connectivity index is 1.47. The second-order valence-electron chi connectivity index (χ2n) is 9.21. The molecule has 1 aliphatic carbocycles. The van der Waals surface area contributed by atoms with E-state index >= 15 is 0 Å². The Hall–Kier alpha value is -4.21. The molecule has 2 unspecified atom stereocenters. The Labute approximate surface area is 214 Å². The molecule has 1 fully saturated rings. The SMILES string of the molecule is Cc1nc(-c2onc(C)c2NC(=O)O[C@H](C)c2ccccc2)ccc1NC(=O)C1CCCCC1C(=O)O. The predicted molar refractivity (Wildman–Crippen MR) is 136 cm³/mol. The highest BCUT2D eigenvalue weighted by Gasteiger charge is 2.36. The number of aryl methyl sites for hydroxylation is 2. The van der Waals surface area contributed by atoms with Gasteiger partial charge in [0.2, 0.25) is 11.7 Å². The highest BCUT2D eigenvalue weighted by Crippen LogP contribution is 2.33. The largest absolute Gasteiger partial charge is 0.481 e. The van der Waals surface area contributed by atoms with E-state index in [0.29, 0.717) is 41.3 Å². The second kappa shape index (κ2) is 11.2. The van der Waals surface area contributed by atoms with Gasteiger partial charge in [-0.1, -0.05) is 48.3 Å². The summed E-state index contributed by atoms with van der Waals surface area (Å²) in [6.45, 7) is 5.19. The maximum absolute atomic E-state index is 12.9. The Morgan fingerprint density at radius 3 is 2.38 bits per heavy atom. The number of ether oxygens (including phenoxy) is 1. The summed E-state index contributed by atoms with van der Waals surface area (Å²) in [6.07, 6.45) is 1.55. The normalized spacial score (nSPS) is 18.0. The van der Waals surface area contributed by atoms with E-state index in [9.17, 15) is 19.5 Å². The molecule has 1 saturated carbocycles. The molecule has 0 aliphatic heterocycles. The minimum absolute atomic E-state index is 0.251. The molecule has 0 saturated heterocycles. The maximum atomic E-state index is 12.9. The molecule has 4 rings (SSSR count). The van der Waals surface area contributed by atoms with E-state index in [1.54, 1.807) is 32.9 Å². The van der Waals surface area contributed by atoms with Gasteiger partial charge in [0.1, 0.15) is 23.2 Å². The summed E-state index contributed by atoms with van der Waals surface area (Å²) in [5.74, 6) is -2.28. The van der Waals surface area contributed by atoms with Crippen LogP contribution in [0.4, 0.5) is 16.2 Å². The van der Waals surface area contributed by atoms with Gasteiger partial charge < -0.3 is 19.7 Å². The van der Waals surface area contributed by atoms with Gasteiger partial charge in [0.25, 0.3) is 0 Å². The number of hydrogen-bond acceptors (Lipinski definition) is 7. The van der Waals surface area contributed by atoms with Gasteiger partial charge in [0, 0.05) is 0 Å². The van der Waals surface area contributed by atoms with Crippen LogP contribution in [0.1, 0.15) is 55.7 Å². The Morgan fingerprint density at radius 2 is 1.70 bits per heavy atom. The molecule has 0 bridgehead atoms. The lowest BCUT2D eigenvalue weighted by Gasteiger charge is -2.27. The fraction of sp³-hybridized carbons (Fsp3) is 0.370. The number of benzene rings is 1. The molecule has 10 nitrogen and oxygen atoms in total. The molecule has 3 aromatic rings. The van der Waals surface area contributed by atoms with Crippen molar-refractivity contribution in [1.29, 1.82) is 0 Å². The van der Waals surface area contributed by atoms with Crippen molar-refractivity contribution in [3.8, 4) is 11.5 Å². The van der Waals surface area contributed by atoms with Crippen LogP contribution in [-0.2, 0) is 14.3 Å². The molecule has 2 aromatic heterocycles. The van der Waals surface area contributed by atoms with Crippen LogP contribution in [0, 0.1) is 25.7 Å². The van der Waals surface area contributed by atoms with E-state index in [1.807, 2.05) is 30.3 Å². The third-order valence-electron chi connectivity index (χ3n) is 6.64. The molecule has 0 spiro atoms. The molecule has 0 radical (unpaired) electrons. The number of hydrogen-bond donors (Lipinski definition) is 3. The zero-order valence-electron chi connectivity index (χ0n) is 21.0. The number of pyridine rings is 1. The predicted octanol–water partition coefficient (Wildman–Crippen LogP) is 5.49. The number of nitrogens with one attached hydrogen (secondary N) is 2. The number of carboxylic acid groups (broad SMARTS) is 1. The van der Waals surface area contributed by atoms with Gasteiger partial charge in [-0.15, -0.1) is 0 Å². The summed E-state index contributed by atoms with van der Waals surface area (Å²) < 4.78 is 10.9. The lowest BCUT2D eigenvalue weighted by Crippen LogP contribution is -2.36. The van der Waals surface area contributed by atoms with Crippen LogP contribution in [-0.4, -0.2) is 33.2 Å². The molecule has 2 amide bonds. The number of nitrogens with zero attached hydrogens (tertiary/aromatic N) is 2. The topological polar surface area (TPSA) is 144 Å². The maximum Gasteiger partial charge on any atom is 0.412 e. The van der Waals surface area contributed by atoms with Gasteiger partial charge in [-0.25, -0.2) is 9.78 Å². The van der Waals surface area contributed by atoms with Crippen molar-refractivity contribution < 1.29 is 28.8 Å². The number of aromatic nitrogens is 2. The van der Waals surface area contributed by atoms with Crippen molar-refractivity contribution in [3.05, 3.63) is 59.4 Å². The standard InChI is InChI=1S/C27H30N4O6/c1-15-21(29-25(32)19-11-7-8-12-20(19)26(33)34)13-14-22(28-15)24-23(16(2)31-37-24)30-27(35)36-17(3)18-9-5-4-6-10-18/h4-6,9-10,13-14,17,19-20H,7-8,11-12H2,1-3H3,(H,29,32)(H,30,35)(H,33,34)/t17-,19?,20?/m1/s1. The van der Waals surface area contributed by atoms with E-state index in [1.165, 1.54) is 0 Å². The first-order chi connectivity index (χ1) is 17.7. The van der Waals surface area contributed by atoms with Crippen LogP contribution in [0.25, 0.3) is 11.5 Å². The number of carboxylic acids is 1. The first-order valence-electron chi connectivity index (χ1n) is 12.2. The first kappa shape index (κ1) is 25.9. The Bertz CT molecular complexity index is 1290. The van der Waals surface area contributed by atoms with Crippen LogP contribution < -0.4 is 10.6 Å². The van der Waals surface area contributed by atoms with Gasteiger partial charge in [-0.05, 0) is 51.3 Å². The second-order valence-corrected chi connectivity index (χ2v) is 9.21. The zero-order valence-corrected chi connectivity index (χ0v) is 21.0. The molecule has 3 atom stereocenters. The van der Waals surface area contributed by atoms with Crippen LogP contribution >= 0.6 is 0 Å². The highest BCUT2D eigenvalue weighted by atomic mass is 16.6. The van der Waals surface area contributed by atoms with Crippen LogP contribution in [0.15, 0.2) is 47.0 Å². The number of rotatable bonds is 7. The van der Waals surface area contributed by atoms with Gasteiger partial charge in [-0.3, -0.25) is 14.9 Å². The highest BCUT2D eigenvalue weighted by molar-refractivity contribution is 5.96. The fourth-order valence-electron chi connectivity index (χ4n) is 4.56. The lowest BCUT2D eigenvalue weighted by atomic mass is 9.78. The minimum atomic E-state index is -0.942. The van der Waals surface area contributed by atoms with E-state index in [4.69, 9.17) is 9.26 Å². The summed E-state index contributed by atoms with van der Waals surface area (Å²) in [4.78, 5) is 41.6. The van der Waals surface area contributed by atoms with Crippen molar-refractivity contribution >= 4 is 29.3 Å². The first-order valence-corrected chi connectivity index (χ1v) is 12.2. The summed E-state index contributed by atoms with van der Waals surface area (Å²) in [6, 6.07) is 12.7. The molecule has 37 heavy (non-hydrogen) atoms. The van der Waals surface area contributed by atoms with Gasteiger partial charge >= 0.3 is 12.1 Å². The number of anilines is 2. The van der Waals surface area contributed by atoms with Crippen LogP contribution in [0.5, 0.6) is 0 Å². The molecule has 2 heterocycles. The van der Waals surface area contributed by atoms with E-state index in [0.717, 1.165) is 18.4 Å². The minimum Gasteiger partial charge on any atom is -0.481 e. The van der Waals surface area contributed by atoms with Crippen molar-refractivity contribution in [3.63, 3.8) is 0 Å². The summed E-state index contributed by atoms with van der Waals surface area (Å²) in [5.41, 5.74) is 3.04. The van der Waals surface area contributed by atoms with E-state index < -0.39 is 30.0 Å². The Morgan fingerprint density at radius 1 is 1.00 bits per heavy atom. The quantitative estimate of drug-likeness (QED) is 0.381. The molecule has 10 heteroatoms. The lowest BCUT2D eigenvalue weighted by molar-refractivity contribution is -0.147. The van der Waals surface area contributed by atoms with Gasteiger partial charge in [-0.2, -0.15) is 0 Å². The number of carbonyl (C=O) groups excluding carboxylic acids is 2. The number of aliphatic carboxylic acids is 1. The van der Waals surface area contributed by atoms with Crippen molar-refractivity contribution in [2.24, 2.45) is 11.8 Å². The summed E-state index contributed by atoms with van der Waals surface area (Å²) in [5, 5.41) is 19.0. The molecule has 1 aromatic carbocycles. The zero-order chi connectivity index (χ0) is 26.5. The summed E-state index contributed by atoms with van der Waals surface area (Å²) in [7, 11) is 0. The molecular weight excluding hydrogens is 476 g/mol. The van der Waals surface area contributed by atoms with Gasteiger partial charge in [0.15, 0.2) is 0 Å². The Kier molecular flexibility index (Phi) is 7.86. The van der Waals surface area contributed by atoms with Crippen molar-refractivity contribution in [2.45, 2.75) is 52.6 Å². The average Bonchev–Trinajstić information content (AvgIpc) is 3.25. The van der Waals surface area contributed by atoms with E-state index in [2.05, 4.69) is 20.8 Å². The average molecular weight is 507 g/mol. The van der Waals surface area contributed by atoms with Crippen molar-refractivity contribution in [1.82, 2.24) is 10.1 Å². The van der Waals surface area contributed by atoms with Crippen molar-refractivity contribution in [2.75, 3.05) is 10.6 Å². The van der Waals surface area contributed by atoms with Crippen LogP contribution in [0.2, 0.25) is 0 Å². The molecule has 1 aliphatic rings. The smallest absolute Gasteiger partial charge is 0.412 e. The monoisotopic (exact) mass is 506 g/mol. The number of carbonyl (C=O) groups is 3. The number of amides is 2. The molecular formula is C27H30N4O6. The van der Waals surface area contributed by atoms with Crippen LogP contribution in [0.3, 0.4) is 0 Å². The molecule has 194 valence electrons. The molecule has 3 N–H and O–H groups in total. The van der Waals surface area contributed by atoms with E-state index in [-0.39, 0.29) is 11.7 Å². The van der Waals surface area contributed by atoms with Gasteiger partial charge in [0.05, 0.1) is 23.2 Å². The third kappa shape index (κ3) is 5.96.